The molecule has 5 nitrogen and oxygen atoms in total. The van der Waals surface area contributed by atoms with Crippen LogP contribution in [0.25, 0.3) is 0 Å². The monoisotopic (exact) mass is 429 g/mol. The van der Waals surface area contributed by atoms with Crippen molar-refractivity contribution in [3.05, 3.63) is 33.7 Å². The van der Waals surface area contributed by atoms with Crippen molar-refractivity contribution in [3.8, 4) is 17.2 Å². The third kappa shape index (κ3) is 3.55. The van der Waals surface area contributed by atoms with Crippen LogP contribution < -0.4 is 19.5 Å². The second-order valence-corrected chi connectivity index (χ2v) is 10.4. The molecule has 0 fully saturated rings. The second-order valence-electron chi connectivity index (χ2n) is 9.32. The van der Waals surface area contributed by atoms with Gasteiger partial charge in [0.1, 0.15) is 0 Å². The van der Waals surface area contributed by atoms with Gasteiger partial charge in [0.15, 0.2) is 11.5 Å². The van der Waals surface area contributed by atoms with Gasteiger partial charge in [0.2, 0.25) is 11.7 Å². The summed E-state index contributed by atoms with van der Waals surface area (Å²) in [6.45, 7) is 6.99. The zero-order valence-electron chi connectivity index (χ0n) is 18.7. The molecular weight excluding hydrogens is 398 g/mol. The third-order valence-corrected chi connectivity index (χ3v) is 7.80. The van der Waals surface area contributed by atoms with Crippen LogP contribution >= 0.6 is 11.3 Å². The van der Waals surface area contributed by atoms with Crippen molar-refractivity contribution < 1.29 is 19.0 Å². The van der Waals surface area contributed by atoms with Gasteiger partial charge in [-0.25, -0.2) is 0 Å². The molecule has 30 heavy (non-hydrogen) atoms. The summed E-state index contributed by atoms with van der Waals surface area (Å²) in [6.07, 6.45) is 3.78. The highest BCUT2D eigenvalue weighted by atomic mass is 32.1. The van der Waals surface area contributed by atoms with E-state index in [1.165, 1.54) is 22.4 Å². The Morgan fingerprint density at radius 2 is 1.70 bits per heavy atom. The van der Waals surface area contributed by atoms with Crippen LogP contribution in [0.2, 0.25) is 0 Å². The molecule has 1 aliphatic carbocycles. The van der Waals surface area contributed by atoms with Crippen molar-refractivity contribution in [2.75, 3.05) is 26.6 Å². The summed E-state index contributed by atoms with van der Waals surface area (Å²) < 4.78 is 16.6. The number of nitrogens with one attached hydrogen (secondary N) is 1. The molecule has 2 aromatic rings. The normalized spacial score (nSPS) is 20.8. The first kappa shape index (κ1) is 21.0. The van der Waals surface area contributed by atoms with Gasteiger partial charge in [0.05, 0.1) is 26.3 Å². The molecule has 0 saturated heterocycles. The molecule has 1 aliphatic heterocycles. The van der Waals surface area contributed by atoms with E-state index in [1.807, 2.05) is 12.1 Å². The molecule has 2 atom stereocenters. The van der Waals surface area contributed by atoms with Gasteiger partial charge in [0, 0.05) is 17.2 Å². The SMILES string of the molecule is COc1cc([C@@H]2CC(=O)Nc3sc4c(c32)CC[C@@H](C(C)(C)C)C4)cc(OC)c1OC. The van der Waals surface area contributed by atoms with E-state index in [2.05, 4.69) is 26.1 Å². The van der Waals surface area contributed by atoms with Crippen molar-refractivity contribution in [2.45, 2.75) is 52.4 Å². The number of ether oxygens (including phenoxy) is 3. The highest BCUT2D eigenvalue weighted by Crippen LogP contribution is 2.51. The molecule has 0 unspecified atom stereocenters. The molecule has 0 bridgehead atoms. The number of rotatable bonds is 4. The van der Waals surface area contributed by atoms with Crippen LogP contribution in [0.15, 0.2) is 12.1 Å². The molecule has 4 rings (SSSR count). The fourth-order valence-corrected chi connectivity index (χ4v) is 6.27. The van der Waals surface area contributed by atoms with Crippen molar-refractivity contribution in [2.24, 2.45) is 11.3 Å². The second kappa shape index (κ2) is 7.80. The van der Waals surface area contributed by atoms with Crippen molar-refractivity contribution >= 4 is 22.2 Å². The number of carbonyl (C=O) groups is 1. The van der Waals surface area contributed by atoms with E-state index in [4.69, 9.17) is 14.2 Å². The van der Waals surface area contributed by atoms with E-state index in [0.717, 1.165) is 23.4 Å². The number of benzene rings is 1. The number of amides is 1. The maximum Gasteiger partial charge on any atom is 0.225 e. The Morgan fingerprint density at radius 1 is 1.03 bits per heavy atom. The van der Waals surface area contributed by atoms with E-state index in [1.54, 1.807) is 32.7 Å². The summed E-state index contributed by atoms with van der Waals surface area (Å²) in [6, 6.07) is 3.97. The predicted molar refractivity (Wildman–Crippen MR) is 120 cm³/mol. The topological polar surface area (TPSA) is 56.8 Å². The number of anilines is 1. The van der Waals surface area contributed by atoms with Gasteiger partial charge in [-0.1, -0.05) is 20.8 Å². The van der Waals surface area contributed by atoms with Gasteiger partial charge < -0.3 is 19.5 Å². The molecular formula is C24H31NO4S. The number of hydrogen-bond donors (Lipinski definition) is 1. The summed E-state index contributed by atoms with van der Waals surface area (Å²) in [7, 11) is 4.85. The first-order chi connectivity index (χ1) is 14.3. The predicted octanol–water partition coefficient (Wildman–Crippen LogP) is 5.40. The van der Waals surface area contributed by atoms with E-state index < -0.39 is 0 Å². The van der Waals surface area contributed by atoms with Gasteiger partial charge in [-0.3, -0.25) is 4.79 Å². The van der Waals surface area contributed by atoms with Gasteiger partial charge in [-0.2, -0.15) is 0 Å². The third-order valence-electron chi connectivity index (χ3n) is 6.61. The quantitative estimate of drug-likeness (QED) is 0.707. The van der Waals surface area contributed by atoms with Crippen LogP contribution in [0.5, 0.6) is 17.2 Å². The molecule has 1 aromatic carbocycles. The average molecular weight is 430 g/mol. The molecule has 0 radical (unpaired) electrons. The lowest BCUT2D eigenvalue weighted by atomic mass is 9.71. The number of hydrogen-bond acceptors (Lipinski definition) is 5. The van der Waals surface area contributed by atoms with Crippen LogP contribution in [-0.2, 0) is 17.6 Å². The van der Waals surface area contributed by atoms with Crippen LogP contribution in [0.4, 0.5) is 5.00 Å². The summed E-state index contributed by atoms with van der Waals surface area (Å²) in [5.41, 5.74) is 4.05. The lowest BCUT2D eigenvalue weighted by molar-refractivity contribution is -0.116. The van der Waals surface area contributed by atoms with Crippen LogP contribution in [0.3, 0.4) is 0 Å². The maximum atomic E-state index is 12.6. The van der Waals surface area contributed by atoms with Crippen molar-refractivity contribution in [1.82, 2.24) is 0 Å². The van der Waals surface area contributed by atoms with Gasteiger partial charge >= 0.3 is 0 Å². The zero-order valence-corrected chi connectivity index (χ0v) is 19.5. The molecule has 2 heterocycles. The fraction of sp³-hybridized carbons (Fsp3) is 0.542. The Balaban J connectivity index is 1.80. The molecule has 0 spiro atoms. The van der Waals surface area contributed by atoms with Crippen molar-refractivity contribution in [1.29, 1.82) is 0 Å². The van der Waals surface area contributed by atoms with Gasteiger partial charge in [0.25, 0.3) is 0 Å². The summed E-state index contributed by atoms with van der Waals surface area (Å²) in [5, 5.41) is 4.16. The van der Waals surface area contributed by atoms with E-state index in [-0.39, 0.29) is 11.8 Å². The summed E-state index contributed by atoms with van der Waals surface area (Å²) >= 11 is 1.77. The standard InChI is InChI=1S/C24H31NO4S/c1-24(2,3)14-7-8-15-19(11-14)30-23-21(15)16(12-20(26)25-23)13-9-17(27-4)22(29-6)18(10-13)28-5/h9-10,14,16H,7-8,11-12H2,1-6H3,(H,25,26)/t14-,16+/m1/s1. The number of methoxy groups -OCH3 is 3. The first-order valence-electron chi connectivity index (χ1n) is 10.5. The van der Waals surface area contributed by atoms with Crippen LogP contribution in [-0.4, -0.2) is 27.2 Å². The summed E-state index contributed by atoms with van der Waals surface area (Å²) in [5.74, 6) is 2.54. The summed E-state index contributed by atoms with van der Waals surface area (Å²) in [4.78, 5) is 14.0. The van der Waals surface area contributed by atoms with E-state index in [9.17, 15) is 4.79 Å². The molecule has 1 amide bonds. The molecule has 1 aromatic heterocycles. The van der Waals surface area contributed by atoms with Crippen molar-refractivity contribution in [3.63, 3.8) is 0 Å². The minimum absolute atomic E-state index is 0.00589. The first-order valence-corrected chi connectivity index (χ1v) is 11.3. The highest BCUT2D eigenvalue weighted by Gasteiger charge is 2.37. The highest BCUT2D eigenvalue weighted by molar-refractivity contribution is 7.16. The van der Waals surface area contributed by atoms with E-state index in [0.29, 0.717) is 35.0 Å². The number of thiophene rings is 1. The average Bonchev–Trinajstić information content (AvgIpc) is 3.08. The Bertz CT molecular complexity index is 947. The number of fused-ring (bicyclic) bond motifs is 3. The van der Waals surface area contributed by atoms with Gasteiger partial charge in [-0.05, 0) is 59.4 Å². The smallest absolute Gasteiger partial charge is 0.225 e. The molecule has 6 heteroatoms. The van der Waals surface area contributed by atoms with Crippen LogP contribution in [0, 0.1) is 11.3 Å². The van der Waals surface area contributed by atoms with Gasteiger partial charge in [-0.15, -0.1) is 11.3 Å². The molecule has 2 aliphatic rings. The van der Waals surface area contributed by atoms with Crippen LogP contribution in [0.1, 0.15) is 61.1 Å². The fourth-order valence-electron chi connectivity index (χ4n) is 4.86. The largest absolute Gasteiger partial charge is 0.493 e. The maximum absolute atomic E-state index is 12.6. The molecule has 1 N–H and O–H groups in total. The minimum atomic E-state index is -0.00589. The Morgan fingerprint density at radius 3 is 2.27 bits per heavy atom. The molecule has 162 valence electrons. The lowest BCUT2D eigenvalue weighted by Crippen LogP contribution is -2.27. The van der Waals surface area contributed by atoms with E-state index >= 15 is 0 Å². The zero-order chi connectivity index (χ0) is 21.6. The Hall–Kier alpha value is -2.21. The Labute approximate surface area is 182 Å². The molecule has 0 saturated carbocycles. The lowest BCUT2D eigenvalue weighted by Gasteiger charge is -2.34. The minimum Gasteiger partial charge on any atom is -0.493 e. The Kier molecular flexibility index (Phi) is 5.47. The number of carbonyl (C=O) groups excluding carboxylic acids is 1.